The largest absolute Gasteiger partial charge is 0.392 e. The fourth-order valence-electron chi connectivity index (χ4n) is 3.83. The van der Waals surface area contributed by atoms with Gasteiger partial charge in [0.1, 0.15) is 12.1 Å². The number of hydrogen-bond donors (Lipinski definition) is 2. The Balaban J connectivity index is 1.84. The molecule has 0 aliphatic carbocycles. The molecule has 1 aliphatic heterocycles. The molecule has 8 heteroatoms. The van der Waals surface area contributed by atoms with Gasteiger partial charge in [0.15, 0.2) is 5.65 Å². The van der Waals surface area contributed by atoms with Crippen LogP contribution in [0.25, 0.3) is 16.8 Å². The van der Waals surface area contributed by atoms with Crippen molar-refractivity contribution >= 4 is 34.7 Å². The topological polar surface area (TPSA) is 79.7 Å². The summed E-state index contributed by atoms with van der Waals surface area (Å²) in [6.45, 7) is 4.55. The predicted octanol–water partition coefficient (Wildman–Crippen LogP) is 3.76. The number of aromatic nitrogens is 3. The van der Waals surface area contributed by atoms with Gasteiger partial charge in [-0.3, -0.25) is 0 Å². The number of aliphatic hydroxyl groups excluding tert-OH is 1. The van der Waals surface area contributed by atoms with Crippen molar-refractivity contribution in [3.63, 3.8) is 0 Å². The van der Waals surface area contributed by atoms with Crippen molar-refractivity contribution in [1.82, 2.24) is 14.6 Å². The predicted molar refractivity (Wildman–Crippen MR) is 113 cm³/mol. The van der Waals surface area contributed by atoms with Crippen molar-refractivity contribution < 1.29 is 5.11 Å². The Morgan fingerprint density at radius 2 is 2.00 bits per heavy atom. The number of rotatable bonds is 4. The summed E-state index contributed by atoms with van der Waals surface area (Å²) in [5.41, 5.74) is 9.00. The highest BCUT2D eigenvalue weighted by atomic mass is 35.5. The number of benzene rings is 1. The molecule has 0 unspecified atom stereocenters. The Morgan fingerprint density at radius 3 is 2.68 bits per heavy atom. The van der Waals surface area contributed by atoms with E-state index >= 15 is 0 Å². The maximum absolute atomic E-state index is 10.1. The van der Waals surface area contributed by atoms with E-state index in [-0.39, 0.29) is 12.0 Å². The van der Waals surface area contributed by atoms with Gasteiger partial charge in [-0.15, -0.1) is 0 Å². The lowest BCUT2D eigenvalue weighted by Crippen LogP contribution is -2.43. The summed E-state index contributed by atoms with van der Waals surface area (Å²) in [6.07, 6.45) is 3.54. The van der Waals surface area contributed by atoms with Gasteiger partial charge in [0.25, 0.3) is 0 Å². The first-order chi connectivity index (χ1) is 13.5. The maximum Gasteiger partial charge on any atom is 0.165 e. The lowest BCUT2D eigenvalue weighted by atomic mass is 9.80. The van der Waals surface area contributed by atoms with Crippen LogP contribution in [0.2, 0.25) is 10.0 Å². The van der Waals surface area contributed by atoms with Crippen molar-refractivity contribution in [2.45, 2.75) is 26.4 Å². The summed E-state index contributed by atoms with van der Waals surface area (Å²) in [7, 11) is 0. The first-order valence-corrected chi connectivity index (χ1v) is 10.1. The molecule has 3 N–H and O–H groups in total. The van der Waals surface area contributed by atoms with E-state index in [1.54, 1.807) is 6.07 Å². The van der Waals surface area contributed by atoms with Gasteiger partial charge in [-0.1, -0.05) is 42.3 Å². The number of anilines is 1. The smallest absolute Gasteiger partial charge is 0.165 e. The molecule has 6 nitrogen and oxygen atoms in total. The van der Waals surface area contributed by atoms with Gasteiger partial charge < -0.3 is 15.7 Å². The molecule has 28 heavy (non-hydrogen) atoms. The molecule has 1 aliphatic rings. The van der Waals surface area contributed by atoms with E-state index in [2.05, 4.69) is 21.9 Å². The van der Waals surface area contributed by atoms with Crippen LogP contribution in [-0.4, -0.2) is 39.3 Å². The third kappa shape index (κ3) is 3.24. The van der Waals surface area contributed by atoms with Crippen LogP contribution in [-0.2, 0) is 6.61 Å². The third-order valence-electron chi connectivity index (χ3n) is 5.79. The Kier molecular flexibility index (Phi) is 5.22. The highest BCUT2D eigenvalue weighted by Gasteiger charge is 2.30. The van der Waals surface area contributed by atoms with Gasteiger partial charge in [-0.25, -0.2) is 4.98 Å². The van der Waals surface area contributed by atoms with Gasteiger partial charge in [0.05, 0.1) is 16.7 Å². The minimum absolute atomic E-state index is 0.136. The van der Waals surface area contributed by atoms with Crippen molar-refractivity contribution in [2.24, 2.45) is 11.1 Å². The Hall–Kier alpha value is -1.86. The number of piperidine rings is 1. The molecule has 0 atom stereocenters. The monoisotopic (exact) mass is 419 g/mol. The number of nitrogens with zero attached hydrogens (tertiary/aromatic N) is 4. The van der Waals surface area contributed by atoms with E-state index < -0.39 is 0 Å². The Morgan fingerprint density at radius 1 is 1.25 bits per heavy atom. The van der Waals surface area contributed by atoms with Crippen molar-refractivity contribution in [3.05, 3.63) is 46.2 Å². The summed E-state index contributed by atoms with van der Waals surface area (Å²) >= 11 is 12.7. The molecule has 0 spiro atoms. The fraction of sp³-hybridized carbons (Fsp3) is 0.400. The lowest BCUT2D eigenvalue weighted by Gasteiger charge is -2.39. The molecule has 3 heterocycles. The molecule has 0 radical (unpaired) electrons. The molecule has 4 rings (SSSR count). The quantitative estimate of drug-likeness (QED) is 0.672. The van der Waals surface area contributed by atoms with E-state index in [1.165, 1.54) is 6.33 Å². The summed E-state index contributed by atoms with van der Waals surface area (Å²) in [4.78, 5) is 6.75. The van der Waals surface area contributed by atoms with Crippen LogP contribution in [0.3, 0.4) is 0 Å². The van der Waals surface area contributed by atoms with Gasteiger partial charge >= 0.3 is 0 Å². The van der Waals surface area contributed by atoms with Gasteiger partial charge in [-0.05, 0) is 42.5 Å². The molecular weight excluding hydrogens is 397 g/mol. The number of aliphatic hydroxyl groups is 1. The zero-order valence-corrected chi connectivity index (χ0v) is 17.2. The third-order valence-corrected chi connectivity index (χ3v) is 6.61. The SMILES string of the molecule is CC1(CN)CCN(c2cc(CO)c(-c3cccc(Cl)c3Cl)c3ncnn23)CC1. The average molecular weight is 420 g/mol. The highest BCUT2D eigenvalue weighted by molar-refractivity contribution is 6.43. The maximum atomic E-state index is 10.1. The number of pyridine rings is 1. The number of nitrogens with two attached hydrogens (primary N) is 1. The minimum Gasteiger partial charge on any atom is -0.392 e. The number of hydrogen-bond acceptors (Lipinski definition) is 5. The number of halogens is 2. The molecule has 1 fully saturated rings. The Labute approximate surface area is 173 Å². The van der Waals surface area contributed by atoms with Crippen LogP contribution < -0.4 is 10.6 Å². The van der Waals surface area contributed by atoms with Crippen LogP contribution in [0.1, 0.15) is 25.3 Å². The van der Waals surface area contributed by atoms with Crippen LogP contribution >= 0.6 is 23.2 Å². The summed E-state index contributed by atoms with van der Waals surface area (Å²) in [5, 5.41) is 15.5. The fourth-order valence-corrected chi connectivity index (χ4v) is 4.23. The first-order valence-electron chi connectivity index (χ1n) is 9.33. The molecule has 0 bridgehead atoms. The Bertz CT molecular complexity index is 1010. The van der Waals surface area contributed by atoms with E-state index in [0.29, 0.717) is 22.2 Å². The summed E-state index contributed by atoms with van der Waals surface area (Å²) in [5.74, 6) is 0.914. The van der Waals surface area contributed by atoms with Crippen molar-refractivity contribution in [3.8, 4) is 11.1 Å². The molecular formula is C20H23Cl2N5O. The molecule has 3 aromatic rings. The second-order valence-corrected chi connectivity index (χ2v) is 8.44. The van der Waals surface area contributed by atoms with Crippen LogP contribution in [0.4, 0.5) is 5.82 Å². The zero-order chi connectivity index (χ0) is 19.9. The summed E-state index contributed by atoms with van der Waals surface area (Å²) < 4.78 is 1.82. The molecule has 0 amide bonds. The average Bonchev–Trinajstić information content (AvgIpc) is 3.19. The van der Waals surface area contributed by atoms with Crippen molar-refractivity contribution in [2.75, 3.05) is 24.5 Å². The molecule has 0 saturated carbocycles. The first kappa shape index (κ1) is 19.5. The van der Waals surface area contributed by atoms with E-state index in [0.717, 1.165) is 48.4 Å². The lowest BCUT2D eigenvalue weighted by molar-refractivity contribution is 0.257. The number of fused-ring (bicyclic) bond motifs is 1. The molecule has 1 saturated heterocycles. The molecule has 1 aromatic carbocycles. The molecule has 2 aromatic heterocycles. The van der Waals surface area contributed by atoms with Crippen molar-refractivity contribution in [1.29, 1.82) is 0 Å². The van der Waals surface area contributed by atoms with E-state index in [9.17, 15) is 5.11 Å². The van der Waals surface area contributed by atoms with Gasteiger partial charge in [-0.2, -0.15) is 9.61 Å². The summed E-state index contributed by atoms with van der Waals surface area (Å²) in [6, 6.07) is 7.43. The standard InChI is InChI=1S/C20H23Cl2N5O/c1-20(11-23)5-7-26(8-6-20)16-9-13(10-28)17(19-24-12-25-27(16)19)14-3-2-4-15(21)18(14)22/h2-4,9,12,28H,5-8,10-11,23H2,1H3. The van der Waals surface area contributed by atoms with Gasteiger partial charge in [0, 0.05) is 24.2 Å². The van der Waals surface area contributed by atoms with Crippen LogP contribution in [0, 0.1) is 5.41 Å². The normalized spacial score (nSPS) is 16.7. The van der Waals surface area contributed by atoms with Crippen LogP contribution in [0.15, 0.2) is 30.6 Å². The van der Waals surface area contributed by atoms with Gasteiger partial charge in [0.2, 0.25) is 0 Å². The van der Waals surface area contributed by atoms with Crippen LogP contribution in [0.5, 0.6) is 0 Å². The second kappa shape index (κ2) is 7.52. The second-order valence-electron chi connectivity index (χ2n) is 7.66. The molecule has 148 valence electrons. The highest BCUT2D eigenvalue weighted by Crippen LogP contribution is 2.39. The van der Waals surface area contributed by atoms with E-state index in [1.807, 2.05) is 22.7 Å². The zero-order valence-electron chi connectivity index (χ0n) is 15.7. The van der Waals surface area contributed by atoms with E-state index in [4.69, 9.17) is 28.9 Å². The minimum atomic E-state index is -0.136.